The number of amides is 2. The summed E-state index contributed by atoms with van der Waals surface area (Å²) >= 11 is 0. The molecule has 0 saturated carbocycles. The Kier molecular flexibility index (Phi) is 5.99. The van der Waals surface area contributed by atoms with Gasteiger partial charge < -0.3 is 15.4 Å². The molecule has 0 aliphatic rings. The van der Waals surface area contributed by atoms with Crippen molar-refractivity contribution in [1.82, 2.24) is 5.32 Å². The van der Waals surface area contributed by atoms with Crippen LogP contribution in [0.2, 0.25) is 0 Å². The Morgan fingerprint density at radius 2 is 1.88 bits per heavy atom. The number of hydrogen-bond acceptors (Lipinski definition) is 6. The maximum Gasteiger partial charge on any atom is 0.331 e. The van der Waals surface area contributed by atoms with Gasteiger partial charge in [-0.15, -0.1) is 0 Å². The van der Waals surface area contributed by atoms with Gasteiger partial charge in [0, 0.05) is 26.3 Å². The molecule has 0 radical (unpaired) electrons. The number of methoxy groups -OCH3 is 1. The fraction of sp³-hybridized carbons (Fsp3) is 0.400. The Labute approximate surface area is 138 Å². The number of carbonyl (C=O) groups excluding carboxylic acids is 3. The van der Waals surface area contributed by atoms with Crippen LogP contribution >= 0.6 is 0 Å². The molecule has 1 rings (SSSR count). The van der Waals surface area contributed by atoms with E-state index in [2.05, 4.69) is 10.6 Å². The van der Waals surface area contributed by atoms with Gasteiger partial charge >= 0.3 is 5.97 Å². The van der Waals surface area contributed by atoms with Crippen molar-refractivity contribution in [2.45, 2.75) is 32.7 Å². The minimum atomic E-state index is -1.37. The van der Waals surface area contributed by atoms with Crippen molar-refractivity contribution in [3.63, 3.8) is 0 Å². The largest absolute Gasteiger partial charge is 0.467 e. The highest BCUT2D eigenvalue weighted by Crippen LogP contribution is 2.27. The van der Waals surface area contributed by atoms with Crippen molar-refractivity contribution in [1.29, 1.82) is 0 Å². The Balaban J connectivity index is 3.23. The van der Waals surface area contributed by atoms with Gasteiger partial charge in [-0.05, 0) is 18.6 Å². The van der Waals surface area contributed by atoms with Crippen molar-refractivity contribution in [2.75, 3.05) is 12.4 Å². The van der Waals surface area contributed by atoms with Crippen LogP contribution in [-0.4, -0.2) is 35.4 Å². The summed E-state index contributed by atoms with van der Waals surface area (Å²) in [5.74, 6) is -1.55. The zero-order chi connectivity index (χ0) is 18.5. The topological polar surface area (TPSA) is 128 Å². The average molecular weight is 337 g/mol. The third kappa shape index (κ3) is 4.77. The number of nitrogens with one attached hydrogen (secondary N) is 2. The van der Waals surface area contributed by atoms with Gasteiger partial charge in [0.1, 0.15) is 11.2 Å². The van der Waals surface area contributed by atoms with Gasteiger partial charge in [-0.2, -0.15) is 0 Å². The molecule has 0 saturated heterocycles. The molecule has 1 atom stereocenters. The molecule has 9 heteroatoms. The Morgan fingerprint density at radius 1 is 1.25 bits per heavy atom. The van der Waals surface area contributed by atoms with E-state index in [1.807, 2.05) is 0 Å². The van der Waals surface area contributed by atoms with Gasteiger partial charge in [-0.3, -0.25) is 19.7 Å². The number of rotatable bonds is 6. The zero-order valence-corrected chi connectivity index (χ0v) is 13.8. The van der Waals surface area contributed by atoms with E-state index in [0.29, 0.717) is 5.56 Å². The van der Waals surface area contributed by atoms with Crippen LogP contribution in [-0.2, 0) is 25.5 Å². The molecule has 0 aliphatic heterocycles. The smallest absolute Gasteiger partial charge is 0.331 e. The predicted molar refractivity (Wildman–Crippen MR) is 85.3 cm³/mol. The number of ether oxygens (including phenoxy) is 1. The van der Waals surface area contributed by atoms with Crippen LogP contribution in [0.1, 0.15) is 26.3 Å². The molecule has 0 aromatic heterocycles. The Morgan fingerprint density at radius 3 is 2.33 bits per heavy atom. The lowest BCUT2D eigenvalue weighted by Gasteiger charge is -2.27. The first kappa shape index (κ1) is 19.1. The van der Waals surface area contributed by atoms with E-state index in [0.717, 1.165) is 0 Å². The van der Waals surface area contributed by atoms with Crippen LogP contribution in [0.3, 0.4) is 0 Å². The molecule has 0 bridgehead atoms. The van der Waals surface area contributed by atoms with Crippen molar-refractivity contribution < 1.29 is 24.0 Å². The summed E-state index contributed by atoms with van der Waals surface area (Å²) in [6, 6.07) is 4.15. The van der Waals surface area contributed by atoms with Gasteiger partial charge in [-0.1, -0.05) is 6.07 Å². The van der Waals surface area contributed by atoms with Crippen molar-refractivity contribution in [2.24, 2.45) is 0 Å². The van der Waals surface area contributed by atoms with Gasteiger partial charge in [0.2, 0.25) is 11.8 Å². The van der Waals surface area contributed by atoms with Crippen LogP contribution in [0.4, 0.5) is 11.4 Å². The quantitative estimate of drug-likeness (QED) is 0.455. The minimum Gasteiger partial charge on any atom is -0.467 e. The zero-order valence-electron chi connectivity index (χ0n) is 13.8. The lowest BCUT2D eigenvalue weighted by atomic mass is 9.92. The number of benzene rings is 1. The van der Waals surface area contributed by atoms with Crippen molar-refractivity contribution >= 4 is 29.2 Å². The maximum absolute atomic E-state index is 12.0. The van der Waals surface area contributed by atoms with Crippen molar-refractivity contribution in [3.8, 4) is 0 Å². The number of carbonyl (C=O) groups is 3. The number of nitro groups is 1. The molecular weight excluding hydrogens is 318 g/mol. The summed E-state index contributed by atoms with van der Waals surface area (Å²) < 4.78 is 4.70. The Hall–Kier alpha value is -2.97. The summed E-state index contributed by atoms with van der Waals surface area (Å²) in [4.78, 5) is 45.0. The number of nitro benzene ring substituents is 1. The summed E-state index contributed by atoms with van der Waals surface area (Å²) in [7, 11) is 1.19. The van der Waals surface area contributed by atoms with Crippen LogP contribution < -0.4 is 10.6 Å². The lowest BCUT2D eigenvalue weighted by molar-refractivity contribution is -0.384. The molecule has 2 N–H and O–H groups in total. The number of anilines is 1. The normalized spacial score (nSPS) is 12.7. The summed E-state index contributed by atoms with van der Waals surface area (Å²) in [5, 5.41) is 16.0. The molecule has 130 valence electrons. The second kappa shape index (κ2) is 7.53. The first-order valence-electron chi connectivity index (χ1n) is 7.01. The van der Waals surface area contributed by atoms with Crippen molar-refractivity contribution in [3.05, 3.63) is 33.9 Å². The Bertz CT molecular complexity index is 688. The summed E-state index contributed by atoms with van der Waals surface area (Å²) in [6.45, 7) is 3.96. The second-order valence-electron chi connectivity index (χ2n) is 5.47. The fourth-order valence-corrected chi connectivity index (χ4v) is 2.32. The highest BCUT2D eigenvalue weighted by Gasteiger charge is 2.36. The minimum absolute atomic E-state index is 0.0134. The van der Waals surface area contributed by atoms with Crippen LogP contribution in [0.5, 0.6) is 0 Å². The molecule has 0 fully saturated rings. The second-order valence-corrected chi connectivity index (χ2v) is 5.47. The molecule has 24 heavy (non-hydrogen) atoms. The first-order chi connectivity index (χ1) is 11.1. The highest BCUT2D eigenvalue weighted by molar-refractivity contribution is 5.91. The number of hydrogen-bond donors (Lipinski definition) is 2. The van der Waals surface area contributed by atoms with Gasteiger partial charge in [0.05, 0.1) is 12.0 Å². The van der Waals surface area contributed by atoms with Gasteiger partial charge in [0.15, 0.2) is 0 Å². The fourth-order valence-electron chi connectivity index (χ4n) is 2.32. The van der Waals surface area contributed by atoms with E-state index in [4.69, 9.17) is 4.74 Å². The molecule has 1 aromatic rings. The van der Waals surface area contributed by atoms with Gasteiger partial charge in [0.25, 0.3) is 5.69 Å². The van der Waals surface area contributed by atoms with Gasteiger partial charge in [-0.25, -0.2) is 4.79 Å². The third-order valence-electron chi connectivity index (χ3n) is 3.22. The first-order valence-corrected chi connectivity index (χ1v) is 7.01. The molecule has 2 amide bonds. The van der Waals surface area contributed by atoms with E-state index in [-0.39, 0.29) is 17.8 Å². The van der Waals surface area contributed by atoms with E-state index >= 15 is 0 Å². The molecule has 0 unspecified atom stereocenters. The highest BCUT2D eigenvalue weighted by atomic mass is 16.6. The van der Waals surface area contributed by atoms with Crippen LogP contribution in [0.25, 0.3) is 0 Å². The molecule has 0 heterocycles. The van der Waals surface area contributed by atoms with E-state index < -0.39 is 28.2 Å². The summed E-state index contributed by atoms with van der Waals surface area (Å²) in [6.07, 6.45) is -0.0134. The van der Waals surface area contributed by atoms with Crippen LogP contribution in [0.15, 0.2) is 18.2 Å². The number of esters is 1. The lowest BCUT2D eigenvalue weighted by Crippen LogP contribution is -2.53. The molecular formula is C15H19N3O6. The SMILES string of the molecule is COC(=O)[C@@](C)(Cc1ccc(NC(C)=O)c([N+](=O)[O-])c1)NC(C)=O. The molecule has 0 aliphatic carbocycles. The standard InChI is InChI=1S/C15H19N3O6/c1-9(19)16-12-6-5-11(7-13(12)18(22)23)8-15(3,14(21)24-4)17-10(2)20/h5-7H,8H2,1-4H3,(H,16,19)(H,17,20)/t15-/m1/s1. The van der Waals surface area contributed by atoms with E-state index in [9.17, 15) is 24.5 Å². The third-order valence-corrected chi connectivity index (χ3v) is 3.22. The van der Waals surface area contributed by atoms with E-state index in [1.165, 1.54) is 46.1 Å². The van der Waals surface area contributed by atoms with E-state index in [1.54, 1.807) is 0 Å². The average Bonchev–Trinajstić information content (AvgIpc) is 2.46. The monoisotopic (exact) mass is 337 g/mol. The number of nitrogens with zero attached hydrogens (tertiary/aromatic N) is 1. The molecule has 9 nitrogen and oxygen atoms in total. The predicted octanol–water partition coefficient (Wildman–Crippen LogP) is 1.16. The molecule has 1 aromatic carbocycles. The summed E-state index contributed by atoms with van der Waals surface area (Å²) in [5.41, 5.74) is -1.20. The molecule has 0 spiro atoms. The van der Waals surface area contributed by atoms with Crippen LogP contribution in [0, 0.1) is 10.1 Å². The maximum atomic E-state index is 12.0.